The first-order valence-corrected chi connectivity index (χ1v) is 5.43. The molecule has 1 aliphatic rings. The van der Waals surface area contributed by atoms with Gasteiger partial charge < -0.3 is 0 Å². The molecule has 0 N–H and O–H groups in total. The molecule has 0 spiro atoms. The number of rotatable bonds is 2. The zero-order valence-corrected chi connectivity index (χ0v) is 8.61. The van der Waals surface area contributed by atoms with Gasteiger partial charge in [-0.2, -0.15) is 0 Å². The monoisotopic (exact) mass is 204 g/mol. The van der Waals surface area contributed by atoms with E-state index in [0.29, 0.717) is 5.92 Å². The fourth-order valence-electron chi connectivity index (χ4n) is 2.35. The van der Waals surface area contributed by atoms with Crippen molar-refractivity contribution in [2.45, 2.75) is 38.0 Å². The van der Waals surface area contributed by atoms with E-state index in [4.69, 9.17) is 0 Å². The minimum Gasteiger partial charge on any atom is -0.258 e. The third kappa shape index (κ3) is 2.17. The molecule has 1 aliphatic carbocycles. The Morgan fingerprint density at radius 1 is 1.33 bits per heavy atom. The molecule has 79 valence electrons. The van der Waals surface area contributed by atoms with E-state index in [0.717, 1.165) is 18.4 Å². The molecule has 0 amide bonds. The van der Waals surface area contributed by atoms with Crippen molar-refractivity contribution in [3.63, 3.8) is 0 Å². The molecule has 1 fully saturated rings. The maximum absolute atomic E-state index is 10.8. The highest BCUT2D eigenvalue weighted by atomic mass is 16.6. The lowest BCUT2D eigenvalue weighted by atomic mass is 9.83. The van der Waals surface area contributed by atoms with E-state index in [9.17, 15) is 10.1 Å². The number of nitro benzene ring substituents is 1. The Bertz CT molecular complexity index is 356. The molecular weight excluding hydrogens is 190 g/mol. The molecule has 3 heteroatoms. The van der Waals surface area contributed by atoms with Crippen LogP contribution in [-0.2, 0) is 0 Å². The lowest BCUT2D eigenvalue weighted by Crippen LogP contribution is -2.07. The van der Waals surface area contributed by atoms with Crippen LogP contribution in [0, 0.1) is 16.2 Å². The van der Waals surface area contributed by atoms with Crippen LogP contribution in [0.4, 0.5) is 5.69 Å². The number of benzene rings is 1. The Labute approximate surface area is 89.3 Å². The standard InChI is InChI=1S/C12H14NO2/c14-13(15)12-9-5-4-8-11(12)10-6-2-1-3-7-10/h4,8-10H,1-3,6-7H2. The number of hydrogen-bond donors (Lipinski definition) is 0. The molecule has 0 unspecified atom stereocenters. The van der Waals surface area contributed by atoms with Gasteiger partial charge in [-0.1, -0.05) is 31.4 Å². The third-order valence-corrected chi connectivity index (χ3v) is 3.12. The maximum Gasteiger partial charge on any atom is 0.273 e. The Morgan fingerprint density at radius 3 is 2.73 bits per heavy atom. The lowest BCUT2D eigenvalue weighted by Gasteiger charge is -2.21. The van der Waals surface area contributed by atoms with Gasteiger partial charge in [0.15, 0.2) is 0 Å². The summed E-state index contributed by atoms with van der Waals surface area (Å²) in [5, 5.41) is 10.8. The quantitative estimate of drug-likeness (QED) is 0.547. The molecule has 2 rings (SSSR count). The van der Waals surface area contributed by atoms with Gasteiger partial charge in [-0.3, -0.25) is 10.1 Å². The van der Waals surface area contributed by atoms with Gasteiger partial charge in [0.05, 0.1) is 4.92 Å². The fourth-order valence-corrected chi connectivity index (χ4v) is 2.35. The second-order valence-corrected chi connectivity index (χ2v) is 4.08. The first-order chi connectivity index (χ1) is 7.29. The predicted molar refractivity (Wildman–Crippen MR) is 57.8 cm³/mol. The molecule has 0 atom stereocenters. The van der Waals surface area contributed by atoms with Crippen molar-refractivity contribution in [3.05, 3.63) is 39.9 Å². The zero-order valence-electron chi connectivity index (χ0n) is 8.61. The number of nitro groups is 1. The first-order valence-electron chi connectivity index (χ1n) is 5.43. The molecule has 1 saturated carbocycles. The van der Waals surface area contributed by atoms with Crippen LogP contribution in [0.5, 0.6) is 0 Å². The van der Waals surface area contributed by atoms with Crippen molar-refractivity contribution in [1.29, 1.82) is 0 Å². The van der Waals surface area contributed by atoms with Gasteiger partial charge in [0, 0.05) is 11.6 Å². The Hall–Kier alpha value is -1.38. The van der Waals surface area contributed by atoms with Crippen molar-refractivity contribution in [3.8, 4) is 0 Å². The highest BCUT2D eigenvalue weighted by Crippen LogP contribution is 2.36. The second kappa shape index (κ2) is 4.43. The first kappa shape index (κ1) is 10.1. The Morgan fingerprint density at radius 2 is 2.07 bits per heavy atom. The van der Waals surface area contributed by atoms with E-state index in [1.807, 2.05) is 6.07 Å². The highest BCUT2D eigenvalue weighted by Gasteiger charge is 2.22. The molecule has 15 heavy (non-hydrogen) atoms. The van der Waals surface area contributed by atoms with Crippen LogP contribution in [-0.4, -0.2) is 4.92 Å². The van der Waals surface area contributed by atoms with Gasteiger partial charge >= 0.3 is 0 Å². The topological polar surface area (TPSA) is 43.1 Å². The SMILES string of the molecule is O=[N+]([O-])c1c[c]ccc1C1CCCCC1. The van der Waals surface area contributed by atoms with E-state index < -0.39 is 0 Å². The summed E-state index contributed by atoms with van der Waals surface area (Å²) >= 11 is 0. The van der Waals surface area contributed by atoms with Crippen molar-refractivity contribution in [2.24, 2.45) is 0 Å². The third-order valence-electron chi connectivity index (χ3n) is 3.12. The van der Waals surface area contributed by atoms with Crippen LogP contribution in [0.15, 0.2) is 18.2 Å². The normalized spacial score (nSPS) is 17.6. The summed E-state index contributed by atoms with van der Waals surface area (Å²) in [6.45, 7) is 0. The predicted octanol–water partition coefficient (Wildman–Crippen LogP) is 3.44. The van der Waals surface area contributed by atoms with E-state index in [-0.39, 0.29) is 10.6 Å². The molecule has 1 aromatic rings. The van der Waals surface area contributed by atoms with E-state index in [1.165, 1.54) is 25.3 Å². The smallest absolute Gasteiger partial charge is 0.258 e. The van der Waals surface area contributed by atoms with E-state index in [2.05, 4.69) is 6.07 Å². The number of hydrogen-bond acceptors (Lipinski definition) is 2. The van der Waals surface area contributed by atoms with Crippen LogP contribution in [0.2, 0.25) is 0 Å². The minimum atomic E-state index is -0.291. The van der Waals surface area contributed by atoms with E-state index >= 15 is 0 Å². The van der Waals surface area contributed by atoms with Crippen molar-refractivity contribution in [1.82, 2.24) is 0 Å². The molecule has 0 saturated heterocycles. The molecule has 1 aromatic carbocycles. The summed E-state index contributed by atoms with van der Waals surface area (Å²) in [4.78, 5) is 10.6. The van der Waals surface area contributed by atoms with Crippen LogP contribution < -0.4 is 0 Å². The van der Waals surface area contributed by atoms with E-state index in [1.54, 1.807) is 6.07 Å². The second-order valence-electron chi connectivity index (χ2n) is 4.08. The van der Waals surface area contributed by atoms with Crippen LogP contribution in [0.1, 0.15) is 43.6 Å². The van der Waals surface area contributed by atoms with Gasteiger partial charge in [0.25, 0.3) is 5.69 Å². The van der Waals surface area contributed by atoms with Crippen molar-refractivity contribution < 1.29 is 4.92 Å². The summed E-state index contributed by atoms with van der Waals surface area (Å²) in [5.74, 6) is 0.383. The highest BCUT2D eigenvalue weighted by molar-refractivity contribution is 5.41. The number of nitrogens with zero attached hydrogens (tertiary/aromatic N) is 1. The largest absolute Gasteiger partial charge is 0.273 e. The van der Waals surface area contributed by atoms with Gasteiger partial charge in [-0.05, 0) is 24.8 Å². The van der Waals surface area contributed by atoms with Gasteiger partial charge in [0.2, 0.25) is 0 Å². The van der Waals surface area contributed by atoms with Crippen molar-refractivity contribution in [2.75, 3.05) is 0 Å². The van der Waals surface area contributed by atoms with Gasteiger partial charge in [-0.25, -0.2) is 0 Å². The summed E-state index contributed by atoms with van der Waals surface area (Å²) in [5.41, 5.74) is 1.14. The molecule has 0 heterocycles. The Kier molecular flexibility index (Phi) is 2.99. The summed E-state index contributed by atoms with van der Waals surface area (Å²) in [6, 6.07) is 7.90. The molecule has 0 bridgehead atoms. The minimum absolute atomic E-state index is 0.240. The molecular formula is C12H14NO2. The summed E-state index contributed by atoms with van der Waals surface area (Å²) < 4.78 is 0. The summed E-state index contributed by atoms with van der Waals surface area (Å²) in [7, 11) is 0. The van der Waals surface area contributed by atoms with Crippen LogP contribution in [0.3, 0.4) is 0 Å². The average Bonchev–Trinajstić information content (AvgIpc) is 2.30. The average molecular weight is 204 g/mol. The Balaban J connectivity index is 2.29. The summed E-state index contributed by atoms with van der Waals surface area (Å²) in [6.07, 6.45) is 5.83. The molecule has 0 aliphatic heterocycles. The van der Waals surface area contributed by atoms with Gasteiger partial charge in [-0.15, -0.1) is 0 Å². The van der Waals surface area contributed by atoms with Gasteiger partial charge in [0.1, 0.15) is 0 Å². The lowest BCUT2D eigenvalue weighted by molar-refractivity contribution is -0.385. The fraction of sp³-hybridized carbons (Fsp3) is 0.500. The molecule has 3 nitrogen and oxygen atoms in total. The van der Waals surface area contributed by atoms with Crippen LogP contribution in [0.25, 0.3) is 0 Å². The zero-order chi connectivity index (χ0) is 10.7. The van der Waals surface area contributed by atoms with Crippen LogP contribution >= 0.6 is 0 Å². The maximum atomic E-state index is 10.8. The molecule has 1 radical (unpaired) electrons. The molecule has 0 aromatic heterocycles. The van der Waals surface area contributed by atoms with Crippen molar-refractivity contribution >= 4 is 5.69 Å².